The molecule has 5 heterocycles. The van der Waals surface area contributed by atoms with Gasteiger partial charge in [0, 0.05) is 74.2 Å². The molecule has 0 unspecified atom stereocenters. The molecule has 41 heavy (non-hydrogen) atoms. The summed E-state index contributed by atoms with van der Waals surface area (Å²) in [5.74, 6) is 0.610. The Balaban J connectivity index is 1.34. The number of nitrogens with zero attached hydrogens (tertiary/aromatic N) is 6. The molecule has 1 aliphatic carbocycles. The Bertz CT molecular complexity index is 1450. The molecule has 4 aliphatic rings. The van der Waals surface area contributed by atoms with Gasteiger partial charge < -0.3 is 14.5 Å². The number of rotatable bonds is 5. The van der Waals surface area contributed by atoms with E-state index in [-0.39, 0.29) is 18.6 Å². The van der Waals surface area contributed by atoms with Crippen LogP contribution in [0.1, 0.15) is 49.9 Å². The highest BCUT2D eigenvalue weighted by molar-refractivity contribution is 6.36. The summed E-state index contributed by atoms with van der Waals surface area (Å²) >= 11 is 7.06. The van der Waals surface area contributed by atoms with Gasteiger partial charge in [0.25, 0.3) is 6.43 Å². The number of halogens is 3. The zero-order valence-electron chi connectivity index (χ0n) is 24.4. The van der Waals surface area contributed by atoms with Gasteiger partial charge in [0.1, 0.15) is 5.54 Å². The number of alkyl halides is 2. The van der Waals surface area contributed by atoms with Gasteiger partial charge in [0.2, 0.25) is 0 Å². The van der Waals surface area contributed by atoms with Crippen LogP contribution in [0.25, 0.3) is 22.0 Å². The van der Waals surface area contributed by atoms with Crippen molar-refractivity contribution < 1.29 is 13.5 Å². The van der Waals surface area contributed by atoms with Gasteiger partial charge in [-0.3, -0.25) is 14.7 Å². The van der Waals surface area contributed by atoms with Crippen molar-refractivity contribution in [1.82, 2.24) is 29.8 Å². The third-order valence-corrected chi connectivity index (χ3v) is 10.8. The molecule has 4 fully saturated rings. The van der Waals surface area contributed by atoms with Crippen LogP contribution in [0.5, 0.6) is 0 Å². The highest BCUT2D eigenvalue weighted by atomic mass is 35.5. The summed E-state index contributed by atoms with van der Waals surface area (Å²) in [5.41, 5.74) is 3.41. The third-order valence-electron chi connectivity index (χ3n) is 10.3. The Kier molecular flexibility index (Phi) is 6.65. The lowest BCUT2D eigenvalue weighted by Gasteiger charge is -2.58. The van der Waals surface area contributed by atoms with Crippen molar-refractivity contribution >= 4 is 28.3 Å². The van der Waals surface area contributed by atoms with Crippen molar-refractivity contribution in [3.05, 3.63) is 28.5 Å². The van der Waals surface area contributed by atoms with E-state index in [1.54, 1.807) is 13.1 Å². The van der Waals surface area contributed by atoms with Gasteiger partial charge in [0.15, 0.2) is 5.82 Å². The molecule has 8 nitrogen and oxygen atoms in total. The summed E-state index contributed by atoms with van der Waals surface area (Å²) in [6, 6.07) is 2.51. The van der Waals surface area contributed by atoms with Gasteiger partial charge in [0.05, 0.1) is 22.8 Å². The van der Waals surface area contributed by atoms with Crippen LogP contribution in [0.15, 0.2) is 12.3 Å². The smallest absolute Gasteiger partial charge is 0.262 e. The average Bonchev–Trinajstić information content (AvgIpc) is 3.50. The second-order valence-corrected chi connectivity index (χ2v) is 13.7. The van der Waals surface area contributed by atoms with E-state index in [9.17, 15) is 0 Å². The fourth-order valence-electron chi connectivity index (χ4n) is 8.21. The molecule has 1 atom stereocenters. The maximum absolute atomic E-state index is 15.2. The van der Waals surface area contributed by atoms with Crippen LogP contribution in [0.4, 0.5) is 14.6 Å². The standard InChI is InChI=1S/C30H40ClF2N7O/c1-18-11-23-22(14-34-35-23)25(26(18)31)24-19(2)40(21-12-30(13-21)16-37(4)17-30)36-27(24)39-8-7-38(15-29(39,3)28(32)33)20-5-9-41-10-6-20/h11,14,20-21,28H,5-10,12-13,15-17H2,1-4H3,(H,34,35)/t29-/m1/s1. The average molecular weight is 588 g/mol. The molecule has 7 rings (SSSR count). The third kappa shape index (κ3) is 4.31. The van der Waals surface area contributed by atoms with E-state index in [4.69, 9.17) is 21.4 Å². The summed E-state index contributed by atoms with van der Waals surface area (Å²) < 4.78 is 38.1. The maximum atomic E-state index is 15.2. The minimum absolute atomic E-state index is 0.251. The number of piperazine rings is 1. The highest BCUT2D eigenvalue weighted by Gasteiger charge is 2.53. The van der Waals surface area contributed by atoms with Crippen LogP contribution in [0.2, 0.25) is 5.02 Å². The van der Waals surface area contributed by atoms with Crippen molar-refractivity contribution in [3.63, 3.8) is 0 Å². The molecule has 3 aromatic rings. The molecule has 1 aromatic carbocycles. The minimum Gasteiger partial charge on any atom is -0.381 e. The van der Waals surface area contributed by atoms with E-state index in [0.717, 1.165) is 72.1 Å². The van der Waals surface area contributed by atoms with E-state index in [1.807, 2.05) is 17.9 Å². The summed E-state index contributed by atoms with van der Waals surface area (Å²) in [6.07, 6.45) is 3.12. The number of fused-ring (bicyclic) bond motifs is 1. The van der Waals surface area contributed by atoms with Gasteiger partial charge >= 0.3 is 0 Å². The van der Waals surface area contributed by atoms with Gasteiger partial charge in [-0.1, -0.05) is 11.6 Å². The summed E-state index contributed by atoms with van der Waals surface area (Å²) in [5, 5.41) is 14.1. The van der Waals surface area contributed by atoms with Crippen LogP contribution in [-0.2, 0) is 4.74 Å². The van der Waals surface area contributed by atoms with Crippen molar-refractivity contribution in [1.29, 1.82) is 0 Å². The predicted octanol–water partition coefficient (Wildman–Crippen LogP) is 5.29. The van der Waals surface area contributed by atoms with Crippen molar-refractivity contribution in [3.8, 4) is 11.1 Å². The van der Waals surface area contributed by atoms with Crippen LogP contribution >= 0.6 is 11.6 Å². The molecule has 0 radical (unpaired) electrons. The Morgan fingerprint density at radius 2 is 1.80 bits per heavy atom. The summed E-state index contributed by atoms with van der Waals surface area (Å²) in [6.45, 7) is 10.8. The zero-order valence-corrected chi connectivity index (χ0v) is 25.1. The topological polar surface area (TPSA) is 65.5 Å². The molecule has 222 valence electrons. The number of likely N-dealkylation sites (tertiary alicyclic amines) is 1. The molecule has 11 heteroatoms. The molecule has 1 saturated carbocycles. The molecule has 1 spiro atoms. The van der Waals surface area contributed by atoms with E-state index >= 15 is 8.78 Å². The summed E-state index contributed by atoms with van der Waals surface area (Å²) in [4.78, 5) is 6.51. The largest absolute Gasteiger partial charge is 0.381 e. The number of hydrogen-bond donors (Lipinski definition) is 1. The van der Waals surface area contributed by atoms with Gasteiger partial charge in [-0.2, -0.15) is 10.2 Å². The molecule has 0 amide bonds. The van der Waals surface area contributed by atoms with Gasteiger partial charge in [-0.15, -0.1) is 0 Å². The van der Waals surface area contributed by atoms with E-state index in [0.29, 0.717) is 42.6 Å². The summed E-state index contributed by atoms with van der Waals surface area (Å²) in [7, 11) is 2.16. The molecule has 3 aliphatic heterocycles. The molecule has 0 bridgehead atoms. The van der Waals surface area contributed by atoms with E-state index in [1.165, 1.54) is 0 Å². The molecular formula is C30H40ClF2N7O. The monoisotopic (exact) mass is 587 g/mol. The maximum Gasteiger partial charge on any atom is 0.262 e. The van der Waals surface area contributed by atoms with Crippen molar-refractivity contribution in [2.45, 2.75) is 70.5 Å². The van der Waals surface area contributed by atoms with E-state index < -0.39 is 12.0 Å². The number of nitrogens with one attached hydrogen (secondary N) is 1. The van der Waals surface area contributed by atoms with Gasteiger partial charge in [-0.25, -0.2) is 8.78 Å². The van der Waals surface area contributed by atoms with Crippen LogP contribution in [0.3, 0.4) is 0 Å². The van der Waals surface area contributed by atoms with Crippen LogP contribution in [0, 0.1) is 19.3 Å². The first-order valence-corrected chi connectivity index (χ1v) is 15.3. The zero-order chi connectivity index (χ0) is 28.7. The first-order chi connectivity index (χ1) is 19.6. The Labute approximate surface area is 244 Å². The first-order valence-electron chi connectivity index (χ1n) is 14.9. The number of H-pyrrole nitrogens is 1. The Morgan fingerprint density at radius 3 is 2.49 bits per heavy atom. The number of aromatic amines is 1. The lowest BCUT2D eigenvalue weighted by molar-refractivity contribution is -0.0790. The number of hydrogen-bond acceptors (Lipinski definition) is 6. The molecule has 1 N–H and O–H groups in total. The van der Waals surface area contributed by atoms with Crippen molar-refractivity contribution in [2.24, 2.45) is 5.41 Å². The molecule has 3 saturated heterocycles. The normalized spacial score (nSPS) is 26.3. The number of aromatic nitrogens is 4. The SMILES string of the molecule is Cc1cc2[nH]ncc2c(-c2c(N3CCN(C4CCOCC4)C[C@]3(C)C(F)F)nn(C3CC4(C3)CN(C)C4)c2C)c1Cl. The fourth-order valence-corrected chi connectivity index (χ4v) is 8.46. The lowest BCUT2D eigenvalue weighted by Crippen LogP contribution is -2.66. The quantitative estimate of drug-likeness (QED) is 0.438. The van der Waals surface area contributed by atoms with Gasteiger partial charge in [-0.05, 0) is 70.5 Å². The highest BCUT2D eigenvalue weighted by Crippen LogP contribution is 2.55. The van der Waals surface area contributed by atoms with E-state index in [2.05, 4.69) is 38.7 Å². The second kappa shape index (κ2) is 9.89. The molecule has 2 aromatic heterocycles. The minimum atomic E-state index is -2.55. The number of anilines is 1. The Morgan fingerprint density at radius 1 is 1.07 bits per heavy atom. The predicted molar refractivity (Wildman–Crippen MR) is 157 cm³/mol. The van der Waals surface area contributed by atoms with Crippen LogP contribution < -0.4 is 4.90 Å². The number of aryl methyl sites for hydroxylation is 1. The fraction of sp³-hybridized carbons (Fsp3) is 0.667. The lowest BCUT2D eigenvalue weighted by atomic mass is 9.61. The van der Waals surface area contributed by atoms with Crippen molar-refractivity contribution in [2.75, 3.05) is 57.9 Å². The van der Waals surface area contributed by atoms with Crippen LogP contribution in [-0.4, -0.2) is 101 Å². The number of ether oxygens (including phenoxy) is 1. The second-order valence-electron chi connectivity index (χ2n) is 13.3. The number of benzene rings is 1. The Hall–Kier alpha value is -2.27. The molecular weight excluding hydrogens is 548 g/mol. The first kappa shape index (κ1) is 27.6.